The molecule has 0 unspecified atom stereocenters. The SMILES string of the molecule is N#Cc1ccnc(-n2ccc3cc(N(CC(=O)O)Sc4cc(Cl)cc(Cl)c4)ccc32)c1. The third-order valence-corrected chi connectivity index (χ3v) is 5.86. The number of benzene rings is 2. The Labute approximate surface area is 192 Å². The summed E-state index contributed by atoms with van der Waals surface area (Å²) in [5.41, 5.74) is 2.12. The van der Waals surface area contributed by atoms with Crippen molar-refractivity contribution >= 4 is 57.7 Å². The standard InChI is InChI=1S/C22H14Cl2N4O2S/c23-16-9-17(24)11-19(10-16)31-28(13-22(29)30)18-1-2-20-15(8-18)4-6-27(20)21-7-14(12-25)3-5-26-21/h1-11H,13H2,(H,29,30). The number of carbonyl (C=O) groups is 1. The number of aromatic nitrogens is 2. The van der Waals surface area contributed by atoms with Crippen molar-refractivity contribution in [2.75, 3.05) is 10.8 Å². The van der Waals surface area contributed by atoms with Gasteiger partial charge in [-0.15, -0.1) is 0 Å². The van der Waals surface area contributed by atoms with Crippen LogP contribution in [0.2, 0.25) is 10.0 Å². The molecule has 31 heavy (non-hydrogen) atoms. The third-order valence-electron chi connectivity index (χ3n) is 4.41. The number of carboxylic acid groups (broad SMARTS) is 1. The average molecular weight is 469 g/mol. The molecule has 0 amide bonds. The van der Waals surface area contributed by atoms with E-state index in [0.29, 0.717) is 27.1 Å². The first-order chi connectivity index (χ1) is 14.9. The zero-order valence-corrected chi connectivity index (χ0v) is 18.2. The fraction of sp³-hybridized carbons (Fsp3) is 0.0455. The highest BCUT2D eigenvalue weighted by Gasteiger charge is 2.15. The first-order valence-electron chi connectivity index (χ1n) is 9.04. The van der Waals surface area contributed by atoms with Gasteiger partial charge in [0.15, 0.2) is 0 Å². The van der Waals surface area contributed by atoms with Gasteiger partial charge in [0.1, 0.15) is 12.4 Å². The summed E-state index contributed by atoms with van der Waals surface area (Å²) in [5.74, 6) is -0.331. The van der Waals surface area contributed by atoms with Crippen molar-refractivity contribution in [3.05, 3.63) is 82.6 Å². The van der Waals surface area contributed by atoms with E-state index in [1.807, 2.05) is 35.0 Å². The quantitative estimate of drug-likeness (QED) is 0.360. The largest absolute Gasteiger partial charge is 0.480 e. The lowest BCUT2D eigenvalue weighted by Crippen LogP contribution is -2.22. The van der Waals surface area contributed by atoms with Crippen LogP contribution in [-0.2, 0) is 4.79 Å². The molecule has 0 aliphatic carbocycles. The van der Waals surface area contributed by atoms with Gasteiger partial charge in [0, 0.05) is 38.4 Å². The van der Waals surface area contributed by atoms with Crippen molar-refractivity contribution in [2.45, 2.75) is 4.90 Å². The number of carboxylic acids is 1. The Balaban J connectivity index is 1.70. The highest BCUT2D eigenvalue weighted by Crippen LogP contribution is 2.34. The van der Waals surface area contributed by atoms with Crippen LogP contribution in [0, 0.1) is 11.3 Å². The van der Waals surface area contributed by atoms with Crippen LogP contribution in [0.25, 0.3) is 16.7 Å². The van der Waals surface area contributed by atoms with Crippen LogP contribution in [0.5, 0.6) is 0 Å². The van der Waals surface area contributed by atoms with Crippen LogP contribution < -0.4 is 4.31 Å². The van der Waals surface area contributed by atoms with E-state index in [4.69, 9.17) is 28.5 Å². The Morgan fingerprint density at radius 2 is 1.90 bits per heavy atom. The first-order valence-corrected chi connectivity index (χ1v) is 10.6. The van der Waals surface area contributed by atoms with E-state index < -0.39 is 5.97 Å². The Hall–Kier alpha value is -3.18. The number of nitrogens with zero attached hydrogens (tertiary/aromatic N) is 4. The molecular weight excluding hydrogens is 455 g/mol. The molecule has 0 bridgehead atoms. The van der Waals surface area contributed by atoms with Gasteiger partial charge in [-0.3, -0.25) is 4.79 Å². The highest BCUT2D eigenvalue weighted by atomic mass is 35.5. The smallest absolute Gasteiger partial charge is 0.324 e. The number of rotatable bonds is 6. The topological polar surface area (TPSA) is 82.2 Å². The molecule has 6 nitrogen and oxygen atoms in total. The molecule has 0 saturated carbocycles. The van der Waals surface area contributed by atoms with E-state index in [0.717, 1.165) is 15.8 Å². The normalized spacial score (nSPS) is 10.7. The summed E-state index contributed by atoms with van der Waals surface area (Å²) in [6.07, 6.45) is 3.46. The van der Waals surface area contributed by atoms with Crippen LogP contribution in [-0.4, -0.2) is 27.2 Å². The number of nitriles is 1. The fourth-order valence-corrected chi connectivity index (χ4v) is 4.78. The molecule has 2 heterocycles. The predicted molar refractivity (Wildman–Crippen MR) is 123 cm³/mol. The number of anilines is 1. The Morgan fingerprint density at radius 3 is 2.61 bits per heavy atom. The second kappa shape index (κ2) is 8.90. The summed E-state index contributed by atoms with van der Waals surface area (Å²) in [5, 5.41) is 20.4. The average Bonchev–Trinajstić information content (AvgIpc) is 3.15. The molecule has 4 rings (SSSR count). The lowest BCUT2D eigenvalue weighted by Gasteiger charge is -2.22. The van der Waals surface area contributed by atoms with Gasteiger partial charge in [-0.05, 0) is 66.5 Å². The molecule has 154 valence electrons. The molecule has 0 saturated heterocycles. The molecule has 9 heteroatoms. The number of hydrogen-bond acceptors (Lipinski definition) is 5. The maximum absolute atomic E-state index is 11.5. The van der Waals surface area contributed by atoms with Gasteiger partial charge in [0.25, 0.3) is 0 Å². The van der Waals surface area contributed by atoms with E-state index in [9.17, 15) is 9.90 Å². The summed E-state index contributed by atoms with van der Waals surface area (Å²) in [6, 6.07) is 18.1. The van der Waals surface area contributed by atoms with Gasteiger partial charge >= 0.3 is 5.97 Å². The third kappa shape index (κ3) is 4.78. The molecule has 0 aliphatic rings. The van der Waals surface area contributed by atoms with E-state index in [2.05, 4.69) is 11.1 Å². The van der Waals surface area contributed by atoms with Crippen molar-refractivity contribution in [1.82, 2.24) is 9.55 Å². The summed E-state index contributed by atoms with van der Waals surface area (Å²) in [4.78, 5) is 16.5. The van der Waals surface area contributed by atoms with E-state index in [1.54, 1.807) is 40.8 Å². The molecule has 0 fully saturated rings. The van der Waals surface area contributed by atoms with Gasteiger partial charge in [0.2, 0.25) is 0 Å². The Kier molecular flexibility index (Phi) is 6.05. The molecule has 1 N–H and O–H groups in total. The second-order valence-corrected chi connectivity index (χ2v) is 8.54. The lowest BCUT2D eigenvalue weighted by atomic mass is 10.2. The molecular formula is C22H14Cl2N4O2S. The Bertz CT molecular complexity index is 1310. The summed E-state index contributed by atoms with van der Waals surface area (Å²) < 4.78 is 3.54. The fourth-order valence-electron chi connectivity index (χ4n) is 3.11. The zero-order chi connectivity index (χ0) is 22.0. The van der Waals surface area contributed by atoms with Crippen molar-refractivity contribution in [3.8, 4) is 11.9 Å². The summed E-state index contributed by atoms with van der Waals surface area (Å²) in [6.45, 7) is -0.215. The minimum atomic E-state index is -0.962. The van der Waals surface area contributed by atoms with Crippen LogP contribution >= 0.6 is 35.1 Å². The Morgan fingerprint density at radius 1 is 1.13 bits per heavy atom. The van der Waals surface area contributed by atoms with Crippen molar-refractivity contribution in [1.29, 1.82) is 5.26 Å². The predicted octanol–water partition coefficient (Wildman–Crippen LogP) is 5.80. The maximum atomic E-state index is 11.5. The molecule has 4 aromatic rings. The molecule has 2 aromatic carbocycles. The van der Waals surface area contributed by atoms with Gasteiger partial charge in [-0.2, -0.15) is 5.26 Å². The molecule has 0 spiro atoms. The molecule has 2 aromatic heterocycles. The van der Waals surface area contributed by atoms with Crippen LogP contribution in [0.1, 0.15) is 5.56 Å². The van der Waals surface area contributed by atoms with Gasteiger partial charge in [-0.1, -0.05) is 23.2 Å². The summed E-state index contributed by atoms with van der Waals surface area (Å²) >= 11 is 13.4. The van der Waals surface area contributed by atoms with Crippen LogP contribution in [0.15, 0.2) is 71.9 Å². The highest BCUT2D eigenvalue weighted by molar-refractivity contribution is 8.00. The molecule has 0 atom stereocenters. The van der Waals surface area contributed by atoms with Crippen molar-refractivity contribution in [2.24, 2.45) is 0 Å². The molecule has 0 aliphatic heterocycles. The van der Waals surface area contributed by atoms with Crippen LogP contribution in [0.3, 0.4) is 0 Å². The maximum Gasteiger partial charge on any atom is 0.324 e. The second-order valence-electron chi connectivity index (χ2n) is 6.57. The van der Waals surface area contributed by atoms with E-state index >= 15 is 0 Å². The van der Waals surface area contributed by atoms with Crippen molar-refractivity contribution in [3.63, 3.8) is 0 Å². The first kappa shape index (κ1) is 21.1. The number of pyridine rings is 1. The minimum Gasteiger partial charge on any atom is -0.480 e. The van der Waals surface area contributed by atoms with Gasteiger partial charge < -0.3 is 14.0 Å². The monoisotopic (exact) mass is 468 g/mol. The van der Waals surface area contributed by atoms with E-state index in [-0.39, 0.29) is 6.54 Å². The van der Waals surface area contributed by atoms with Crippen LogP contribution in [0.4, 0.5) is 5.69 Å². The van der Waals surface area contributed by atoms with Gasteiger partial charge in [0.05, 0.1) is 17.1 Å². The van der Waals surface area contributed by atoms with Crippen molar-refractivity contribution < 1.29 is 9.90 Å². The van der Waals surface area contributed by atoms with Gasteiger partial charge in [-0.25, -0.2) is 4.98 Å². The molecule has 0 radical (unpaired) electrons. The lowest BCUT2D eigenvalue weighted by molar-refractivity contribution is -0.135. The zero-order valence-electron chi connectivity index (χ0n) is 15.9. The number of aliphatic carboxylic acids is 1. The minimum absolute atomic E-state index is 0.215. The number of hydrogen-bond donors (Lipinski definition) is 1. The number of halogens is 2. The summed E-state index contributed by atoms with van der Waals surface area (Å²) in [7, 11) is 0. The number of fused-ring (bicyclic) bond motifs is 1. The van der Waals surface area contributed by atoms with E-state index in [1.165, 1.54) is 11.9 Å².